The van der Waals surface area contributed by atoms with Crippen molar-refractivity contribution >= 4 is 5.69 Å². The summed E-state index contributed by atoms with van der Waals surface area (Å²) >= 11 is 0. The van der Waals surface area contributed by atoms with E-state index in [2.05, 4.69) is 5.32 Å². The Balaban J connectivity index is 2.75. The third kappa shape index (κ3) is 3.93. The van der Waals surface area contributed by atoms with Gasteiger partial charge in [-0.25, -0.2) is 0 Å². The molecule has 0 radical (unpaired) electrons. The minimum atomic E-state index is -4.31. The summed E-state index contributed by atoms with van der Waals surface area (Å²) in [5.74, 6) is 0.197. The van der Waals surface area contributed by atoms with E-state index in [0.29, 0.717) is 5.69 Å². The van der Waals surface area contributed by atoms with Gasteiger partial charge < -0.3 is 10.4 Å². The zero-order valence-corrected chi connectivity index (χ0v) is 9.75. The number of hydrogen-bond acceptors (Lipinski definition) is 2. The molecule has 0 amide bonds. The highest BCUT2D eigenvalue weighted by Gasteiger charge is 2.30. The molecule has 0 heterocycles. The number of alkyl halides is 3. The fraction of sp³-hybridized carbons (Fsp3) is 0.500. The van der Waals surface area contributed by atoms with Crippen molar-refractivity contribution in [3.05, 3.63) is 29.8 Å². The molecular formula is C12H16F3NO. The SMILES string of the molecule is CC(C)[C@@H](CO)Nc1ccc(C(F)(F)F)cc1. The molecule has 1 rings (SSSR count). The van der Waals surface area contributed by atoms with Crippen LogP contribution in [0.2, 0.25) is 0 Å². The molecule has 1 aromatic carbocycles. The molecule has 96 valence electrons. The number of halogens is 3. The number of anilines is 1. The number of hydrogen-bond donors (Lipinski definition) is 2. The summed E-state index contributed by atoms with van der Waals surface area (Å²) in [5, 5.41) is 12.1. The lowest BCUT2D eigenvalue weighted by molar-refractivity contribution is -0.137. The summed E-state index contributed by atoms with van der Waals surface area (Å²) in [6.07, 6.45) is -4.31. The van der Waals surface area contributed by atoms with Crippen molar-refractivity contribution in [1.82, 2.24) is 0 Å². The predicted octanol–water partition coefficient (Wildman–Crippen LogP) is 3.13. The van der Waals surface area contributed by atoms with Crippen molar-refractivity contribution in [3.63, 3.8) is 0 Å². The van der Waals surface area contributed by atoms with Gasteiger partial charge in [0.25, 0.3) is 0 Å². The van der Waals surface area contributed by atoms with Gasteiger partial charge in [-0.2, -0.15) is 13.2 Å². The van der Waals surface area contributed by atoms with E-state index in [0.717, 1.165) is 12.1 Å². The van der Waals surface area contributed by atoms with E-state index in [1.165, 1.54) is 12.1 Å². The van der Waals surface area contributed by atoms with Crippen LogP contribution in [0.3, 0.4) is 0 Å². The van der Waals surface area contributed by atoms with Crippen LogP contribution in [0.5, 0.6) is 0 Å². The van der Waals surface area contributed by atoms with E-state index in [9.17, 15) is 13.2 Å². The molecule has 0 aliphatic heterocycles. The van der Waals surface area contributed by atoms with Gasteiger partial charge in [-0.1, -0.05) is 13.8 Å². The molecule has 0 spiro atoms. The Morgan fingerprint density at radius 1 is 1.18 bits per heavy atom. The molecule has 0 unspecified atom stereocenters. The lowest BCUT2D eigenvalue weighted by atomic mass is 10.0. The Hall–Kier alpha value is -1.23. The minimum Gasteiger partial charge on any atom is -0.394 e. The molecule has 1 atom stereocenters. The normalized spacial score (nSPS) is 13.8. The maximum Gasteiger partial charge on any atom is 0.416 e. The van der Waals surface area contributed by atoms with Gasteiger partial charge in [0.15, 0.2) is 0 Å². The quantitative estimate of drug-likeness (QED) is 0.856. The van der Waals surface area contributed by atoms with Gasteiger partial charge in [0.05, 0.1) is 18.2 Å². The first-order chi connectivity index (χ1) is 7.84. The van der Waals surface area contributed by atoms with Crippen LogP contribution in [0.25, 0.3) is 0 Å². The van der Waals surface area contributed by atoms with Crippen LogP contribution in [0.4, 0.5) is 18.9 Å². The van der Waals surface area contributed by atoms with Crippen molar-refractivity contribution < 1.29 is 18.3 Å². The number of aliphatic hydroxyl groups is 1. The third-order valence-electron chi connectivity index (χ3n) is 2.57. The molecule has 0 saturated carbocycles. The minimum absolute atomic E-state index is 0.0569. The summed E-state index contributed by atoms with van der Waals surface area (Å²) in [5.41, 5.74) is -0.0982. The van der Waals surface area contributed by atoms with Gasteiger partial charge in [-0.05, 0) is 30.2 Å². The zero-order chi connectivity index (χ0) is 13.1. The van der Waals surface area contributed by atoms with Crippen LogP contribution >= 0.6 is 0 Å². The smallest absolute Gasteiger partial charge is 0.394 e. The molecule has 0 bridgehead atoms. The maximum absolute atomic E-state index is 12.3. The molecule has 0 fully saturated rings. The number of aliphatic hydroxyl groups excluding tert-OH is 1. The Morgan fingerprint density at radius 2 is 1.71 bits per heavy atom. The van der Waals surface area contributed by atoms with Crippen molar-refractivity contribution in [3.8, 4) is 0 Å². The molecule has 1 aromatic rings. The third-order valence-corrected chi connectivity index (χ3v) is 2.57. The average Bonchev–Trinajstić information content (AvgIpc) is 2.25. The summed E-state index contributed by atoms with van der Waals surface area (Å²) < 4.78 is 36.9. The van der Waals surface area contributed by atoms with Gasteiger partial charge in [-0.15, -0.1) is 0 Å². The first kappa shape index (κ1) is 13.8. The van der Waals surface area contributed by atoms with Crippen LogP contribution in [0, 0.1) is 5.92 Å². The van der Waals surface area contributed by atoms with Gasteiger partial charge in [0.1, 0.15) is 0 Å². The molecule has 0 saturated heterocycles. The summed E-state index contributed by atoms with van der Waals surface area (Å²) in [6.45, 7) is 3.80. The highest BCUT2D eigenvalue weighted by molar-refractivity contribution is 5.46. The average molecular weight is 247 g/mol. The van der Waals surface area contributed by atoms with Crippen LogP contribution < -0.4 is 5.32 Å². The second-order valence-electron chi connectivity index (χ2n) is 4.25. The first-order valence-electron chi connectivity index (χ1n) is 5.39. The highest BCUT2D eigenvalue weighted by Crippen LogP contribution is 2.30. The summed E-state index contributed by atoms with van der Waals surface area (Å²) in [4.78, 5) is 0. The van der Waals surface area contributed by atoms with Gasteiger partial charge in [0, 0.05) is 5.69 Å². The molecule has 0 aliphatic rings. The van der Waals surface area contributed by atoms with E-state index in [-0.39, 0.29) is 18.6 Å². The van der Waals surface area contributed by atoms with Crippen LogP contribution in [-0.4, -0.2) is 17.8 Å². The lowest BCUT2D eigenvalue weighted by Crippen LogP contribution is -2.29. The molecule has 2 N–H and O–H groups in total. The molecular weight excluding hydrogens is 231 g/mol. The highest BCUT2D eigenvalue weighted by atomic mass is 19.4. The van der Waals surface area contributed by atoms with Crippen LogP contribution in [-0.2, 0) is 6.18 Å². The molecule has 0 aliphatic carbocycles. The molecule has 5 heteroatoms. The largest absolute Gasteiger partial charge is 0.416 e. The Kier molecular flexibility index (Phi) is 4.40. The summed E-state index contributed by atoms with van der Waals surface area (Å²) in [7, 11) is 0. The van der Waals surface area contributed by atoms with E-state index in [1.807, 2.05) is 13.8 Å². The fourth-order valence-corrected chi connectivity index (χ4v) is 1.39. The van der Waals surface area contributed by atoms with E-state index in [1.54, 1.807) is 0 Å². The van der Waals surface area contributed by atoms with Crippen molar-refractivity contribution in [2.75, 3.05) is 11.9 Å². The van der Waals surface area contributed by atoms with Crippen molar-refractivity contribution in [2.45, 2.75) is 26.1 Å². The standard InChI is InChI=1S/C12H16F3NO/c1-8(2)11(7-17)16-10-5-3-9(4-6-10)12(13,14)15/h3-6,8,11,16-17H,7H2,1-2H3/t11-/m1/s1. The van der Waals surface area contributed by atoms with E-state index in [4.69, 9.17) is 5.11 Å². The van der Waals surface area contributed by atoms with Crippen LogP contribution in [0.1, 0.15) is 19.4 Å². The van der Waals surface area contributed by atoms with E-state index < -0.39 is 11.7 Å². The maximum atomic E-state index is 12.3. The summed E-state index contributed by atoms with van der Waals surface area (Å²) in [6, 6.07) is 4.63. The molecule has 2 nitrogen and oxygen atoms in total. The predicted molar refractivity (Wildman–Crippen MR) is 60.8 cm³/mol. The van der Waals surface area contributed by atoms with Crippen molar-refractivity contribution in [2.24, 2.45) is 5.92 Å². The Morgan fingerprint density at radius 3 is 2.06 bits per heavy atom. The topological polar surface area (TPSA) is 32.3 Å². The second kappa shape index (κ2) is 5.40. The van der Waals surface area contributed by atoms with Gasteiger partial charge in [0.2, 0.25) is 0 Å². The molecule has 0 aromatic heterocycles. The van der Waals surface area contributed by atoms with Crippen LogP contribution in [0.15, 0.2) is 24.3 Å². The van der Waals surface area contributed by atoms with E-state index >= 15 is 0 Å². The Bertz CT molecular complexity index is 346. The Labute approximate surface area is 98.5 Å². The zero-order valence-electron chi connectivity index (χ0n) is 9.75. The number of rotatable bonds is 4. The monoisotopic (exact) mass is 247 g/mol. The van der Waals surface area contributed by atoms with Crippen molar-refractivity contribution in [1.29, 1.82) is 0 Å². The number of benzene rings is 1. The first-order valence-corrected chi connectivity index (χ1v) is 5.39. The molecule has 17 heavy (non-hydrogen) atoms. The van der Waals surface area contributed by atoms with Gasteiger partial charge in [-0.3, -0.25) is 0 Å². The lowest BCUT2D eigenvalue weighted by Gasteiger charge is -2.21. The number of nitrogens with one attached hydrogen (secondary N) is 1. The fourth-order valence-electron chi connectivity index (χ4n) is 1.39. The second-order valence-corrected chi connectivity index (χ2v) is 4.25. The van der Waals surface area contributed by atoms with Gasteiger partial charge >= 0.3 is 6.18 Å².